The minimum atomic E-state index is -1.42. The van der Waals surface area contributed by atoms with Crippen LogP contribution in [0.2, 0.25) is 0 Å². The van der Waals surface area contributed by atoms with E-state index in [0.717, 1.165) is 87.3 Å². The number of ketones is 1. The van der Waals surface area contributed by atoms with Gasteiger partial charge >= 0.3 is 0 Å². The van der Waals surface area contributed by atoms with Gasteiger partial charge in [0.05, 0.1) is 29.7 Å². The van der Waals surface area contributed by atoms with Crippen molar-refractivity contribution in [3.05, 3.63) is 93.9 Å². The second kappa shape index (κ2) is 17.0. The highest BCUT2D eigenvalue weighted by Gasteiger charge is 2.86. The lowest BCUT2D eigenvalue weighted by atomic mass is 9.29. The first-order chi connectivity index (χ1) is 36.4. The van der Waals surface area contributed by atoms with Gasteiger partial charge in [0.1, 0.15) is 17.8 Å². The fourth-order valence-electron chi connectivity index (χ4n) is 22.3. The smallest absolute Gasteiger partial charge is 0.163 e. The van der Waals surface area contributed by atoms with Crippen LogP contribution in [-0.2, 0) is 27.1 Å². The molecule has 1 aromatic carbocycles. The van der Waals surface area contributed by atoms with Crippen LogP contribution in [0, 0.1) is 91.7 Å². The third-order valence-electron chi connectivity index (χ3n) is 25.5. The van der Waals surface area contributed by atoms with Crippen molar-refractivity contribution in [2.45, 2.75) is 185 Å². The number of epoxide rings is 1. The molecule has 14 aliphatic rings. The number of ether oxygens (including phenoxy) is 2. The summed E-state index contributed by atoms with van der Waals surface area (Å²) in [5, 5.41) is 66.5. The molecule has 0 radical (unpaired) electrons. The quantitative estimate of drug-likeness (QED) is 0.0684. The zero-order valence-electron chi connectivity index (χ0n) is 45.8. The fraction of sp³-hybridized carbons (Fsp3) is 0.712. The lowest BCUT2D eigenvalue weighted by Crippen LogP contribution is -2.74. The number of benzene rings is 1. The molecule has 408 valence electrons. The van der Waals surface area contributed by atoms with E-state index in [1.165, 1.54) is 16.7 Å². The largest absolute Gasteiger partial charge is 0.396 e. The van der Waals surface area contributed by atoms with E-state index < -0.39 is 68.1 Å². The van der Waals surface area contributed by atoms with Gasteiger partial charge in [-0.2, -0.15) is 0 Å². The SMILES string of the molecule is CC1CCOC(C2OC2C(C)(O)C(C)(CO)CCC2=CCNC(N)=C2)(C2CC3CCC4=C5C6C(CCc7ccccc7CC#CC7C8(CCCC8)CC89C=CC%10C(O)CC78C6(CC(CCO)=C9)C%10C4=O)CC2(C)C53O)C1. The van der Waals surface area contributed by atoms with E-state index in [1.54, 1.807) is 0 Å². The maximum Gasteiger partial charge on any atom is 0.163 e. The van der Waals surface area contributed by atoms with Crippen molar-refractivity contribution in [1.29, 1.82) is 0 Å². The summed E-state index contributed by atoms with van der Waals surface area (Å²) in [6, 6.07) is 8.93. The van der Waals surface area contributed by atoms with Crippen molar-refractivity contribution in [2.24, 2.45) is 85.6 Å². The average molecular weight is 1040 g/mol. The number of hydrogen-bond acceptors (Lipinski definition) is 10. The Bertz CT molecular complexity index is 2850. The van der Waals surface area contributed by atoms with E-state index >= 15 is 9.90 Å². The standard InChI is InChI=1S/C66H86N2O8/c1-39-22-29-75-64(32-39,57-56(76-57)60(4,73)58(2,38-70)25-18-40-20-27-68-51(67)30-40)50-31-45-16-17-47-53-52-44(35-59(50,3)66(45,53)74)15-14-43-11-6-5-10-42(43)12-9-13-49-61(23-7-8-24-61)37-62-26-19-46-48(71)36-65(49,62)63(52,54(46)55(47)72)34-41(33-62)21-28-69/h5-6,10-11,19-20,26,30,33,39,44-46,48-50,52,54,56-57,68-71,73-74H,7-8,12,14-18,21-25,27-29,31-32,34-38,67H2,1-4H3. The monoisotopic (exact) mass is 1030 g/mol. The molecule has 3 aliphatic heterocycles. The number of fused-ring (bicyclic) bond motifs is 3. The molecule has 2 saturated heterocycles. The number of nitrogens with two attached hydrogens (primary N) is 1. The van der Waals surface area contributed by atoms with Gasteiger partial charge in [-0.15, -0.1) is 0 Å². The van der Waals surface area contributed by atoms with Gasteiger partial charge in [0.25, 0.3) is 0 Å². The molecule has 0 aromatic heterocycles. The second-order valence-electron chi connectivity index (χ2n) is 28.6. The van der Waals surface area contributed by atoms with Crippen LogP contribution in [0.5, 0.6) is 0 Å². The molecule has 4 bridgehead atoms. The number of Topliss-reactive ketones (excluding diaryl/α,β-unsaturated/α-hetero) is 1. The predicted octanol–water partition coefficient (Wildman–Crippen LogP) is 8.49. The zero-order valence-corrected chi connectivity index (χ0v) is 45.8. The van der Waals surface area contributed by atoms with Gasteiger partial charge in [-0.05, 0) is 184 Å². The minimum absolute atomic E-state index is 0.0374. The van der Waals surface area contributed by atoms with Crippen molar-refractivity contribution < 1.29 is 39.8 Å². The van der Waals surface area contributed by atoms with Gasteiger partial charge in [-0.3, -0.25) is 4.79 Å². The van der Waals surface area contributed by atoms with Crippen molar-refractivity contribution in [2.75, 3.05) is 26.4 Å². The number of aliphatic hydroxyl groups is 5. The number of hydrogen-bond donors (Lipinski definition) is 7. The molecule has 10 nitrogen and oxygen atoms in total. The Labute approximate surface area is 451 Å². The fourth-order valence-corrected chi connectivity index (χ4v) is 22.3. The van der Waals surface area contributed by atoms with Gasteiger partial charge in [-0.1, -0.05) is 99.6 Å². The molecular formula is C66H86N2O8. The molecule has 10 heteroatoms. The lowest BCUT2D eigenvalue weighted by Gasteiger charge is -2.74. The van der Waals surface area contributed by atoms with Crippen molar-refractivity contribution in [1.82, 2.24) is 5.32 Å². The Balaban J connectivity index is 0.952. The van der Waals surface area contributed by atoms with Gasteiger partial charge < -0.3 is 46.1 Å². The average Bonchev–Trinajstić information content (AvgIpc) is 2.15. The summed E-state index contributed by atoms with van der Waals surface area (Å²) in [7, 11) is 0. The number of allylic oxidation sites excluding steroid dienone is 5. The molecule has 8 N–H and O–H groups in total. The van der Waals surface area contributed by atoms with Crippen LogP contribution in [0.4, 0.5) is 0 Å². The highest BCUT2D eigenvalue weighted by Crippen LogP contribution is 2.88. The van der Waals surface area contributed by atoms with Gasteiger partial charge in [0, 0.05) is 65.6 Å². The topological polar surface area (TPSA) is 178 Å². The highest BCUT2D eigenvalue weighted by molar-refractivity contribution is 6.01. The molecule has 76 heavy (non-hydrogen) atoms. The molecule has 19 atom stereocenters. The zero-order chi connectivity index (χ0) is 52.6. The van der Waals surface area contributed by atoms with Gasteiger partial charge in [0.2, 0.25) is 0 Å². The van der Waals surface area contributed by atoms with E-state index in [9.17, 15) is 20.4 Å². The Hall–Kier alpha value is -3.53. The Morgan fingerprint density at radius 1 is 1.00 bits per heavy atom. The predicted molar refractivity (Wildman–Crippen MR) is 290 cm³/mol. The van der Waals surface area contributed by atoms with Crippen molar-refractivity contribution >= 4 is 5.78 Å². The number of carbonyl (C=O) groups excluding carboxylic acids is 1. The molecule has 3 spiro atoms. The van der Waals surface area contributed by atoms with Crippen LogP contribution in [0.1, 0.15) is 148 Å². The summed E-state index contributed by atoms with van der Waals surface area (Å²) in [5.41, 5.74) is 6.01. The molecule has 5 saturated carbocycles. The number of carbonyl (C=O) groups is 1. The van der Waals surface area contributed by atoms with Crippen LogP contribution in [0.15, 0.2) is 82.8 Å². The summed E-state index contributed by atoms with van der Waals surface area (Å²) in [5.74, 6) is 7.99. The van der Waals surface area contributed by atoms with E-state index in [0.29, 0.717) is 76.3 Å². The van der Waals surface area contributed by atoms with Gasteiger partial charge in [0.15, 0.2) is 5.78 Å². The van der Waals surface area contributed by atoms with Crippen molar-refractivity contribution in [3.63, 3.8) is 0 Å². The molecule has 11 aliphatic carbocycles. The maximum atomic E-state index is 16.7. The van der Waals surface area contributed by atoms with Crippen molar-refractivity contribution in [3.8, 4) is 11.8 Å². The minimum Gasteiger partial charge on any atom is -0.396 e. The van der Waals surface area contributed by atoms with E-state index in [4.69, 9.17) is 15.2 Å². The third kappa shape index (κ3) is 6.29. The van der Waals surface area contributed by atoms with Gasteiger partial charge in [-0.25, -0.2) is 0 Å². The maximum absolute atomic E-state index is 16.7. The molecule has 1 aromatic rings. The van der Waals surface area contributed by atoms with E-state index in [-0.39, 0.29) is 59.9 Å². The molecule has 15 rings (SSSR count). The third-order valence-corrected chi connectivity index (χ3v) is 25.5. The Morgan fingerprint density at radius 2 is 1.80 bits per heavy atom. The number of rotatable bonds is 10. The molecule has 19 unspecified atom stereocenters. The summed E-state index contributed by atoms with van der Waals surface area (Å²) in [6.07, 6.45) is 25.0. The first kappa shape index (κ1) is 50.7. The number of aryl methyl sites for hydroxylation is 1. The lowest BCUT2D eigenvalue weighted by molar-refractivity contribution is -0.242. The first-order valence-electron chi connectivity index (χ1n) is 30.2. The van der Waals surface area contributed by atoms with E-state index in [1.807, 2.05) is 19.9 Å². The Kier molecular flexibility index (Phi) is 11.3. The highest BCUT2D eigenvalue weighted by atomic mass is 16.6. The van der Waals surface area contributed by atoms with E-state index in [2.05, 4.69) is 79.6 Å². The van der Waals surface area contributed by atoms with Crippen LogP contribution in [-0.4, -0.2) is 92.8 Å². The summed E-state index contributed by atoms with van der Waals surface area (Å²) in [6.45, 7) is 9.58. The van der Waals surface area contributed by atoms with Crippen LogP contribution >= 0.6 is 0 Å². The summed E-state index contributed by atoms with van der Waals surface area (Å²) >= 11 is 0. The van der Waals surface area contributed by atoms with Crippen LogP contribution < -0.4 is 11.1 Å². The van der Waals surface area contributed by atoms with Crippen LogP contribution in [0.25, 0.3) is 0 Å². The number of dihydropyridines is 1. The Morgan fingerprint density at radius 3 is 2.57 bits per heavy atom. The number of nitrogens with one attached hydrogen (secondary N) is 1. The second-order valence-corrected chi connectivity index (χ2v) is 28.6. The summed E-state index contributed by atoms with van der Waals surface area (Å²) in [4.78, 5) is 16.7. The summed E-state index contributed by atoms with van der Waals surface area (Å²) < 4.78 is 14.5. The first-order valence-corrected chi connectivity index (χ1v) is 30.2. The number of aliphatic hydroxyl groups excluding tert-OH is 3. The molecule has 7 fully saturated rings. The molecular weight excluding hydrogens is 949 g/mol. The van der Waals surface area contributed by atoms with Crippen LogP contribution in [0.3, 0.4) is 0 Å². The normalized spacial score (nSPS) is 47.3. The molecule has 3 heterocycles. The molecule has 0 amide bonds.